The van der Waals surface area contributed by atoms with Gasteiger partial charge in [-0.1, -0.05) is 30.3 Å². The number of likely N-dealkylation sites (tertiary alicyclic amines) is 2. The average Bonchev–Trinajstić information content (AvgIpc) is 2.94. The normalized spacial score (nSPS) is 29.5. The fourth-order valence-corrected chi connectivity index (χ4v) is 4.76. The van der Waals surface area contributed by atoms with Crippen molar-refractivity contribution in [3.05, 3.63) is 35.9 Å². The lowest BCUT2D eigenvalue weighted by Gasteiger charge is -2.42. The molecule has 1 N–H and O–H groups in total. The number of rotatable bonds is 3. The minimum atomic E-state index is 0.253. The molecular weight excluding hydrogens is 314 g/mol. The van der Waals surface area contributed by atoms with Gasteiger partial charge in [-0.2, -0.15) is 0 Å². The Hall–Kier alpha value is -1.13. The molecule has 0 bridgehead atoms. The third-order valence-electron chi connectivity index (χ3n) is 5.77. The Labute approximate surface area is 152 Å². The van der Waals surface area contributed by atoms with E-state index in [0.29, 0.717) is 6.04 Å². The van der Waals surface area contributed by atoms with Gasteiger partial charge in [0, 0.05) is 31.2 Å². The number of nitrogens with zero attached hydrogens (tertiary/aromatic N) is 2. The van der Waals surface area contributed by atoms with E-state index in [1.54, 1.807) is 0 Å². The zero-order valence-electron chi connectivity index (χ0n) is 15.2. The van der Waals surface area contributed by atoms with E-state index in [1.807, 2.05) is 0 Å². The predicted molar refractivity (Wildman–Crippen MR) is 105 cm³/mol. The highest BCUT2D eigenvalue weighted by Crippen LogP contribution is 2.29. The van der Waals surface area contributed by atoms with Crippen LogP contribution in [0.4, 0.5) is 0 Å². The van der Waals surface area contributed by atoms with Crippen molar-refractivity contribution < 1.29 is 0 Å². The topological polar surface area (TPSA) is 18.5 Å². The standard InChI is InChI=1S/C20H31N3S/c1-15-11-12-16(2)23(15)19-10-7-13-22(14-19)20(24)21-17(3)18-8-5-4-6-9-18/h4-6,8-9,15-17,19H,7,10-14H2,1-3H3,(H,21,24)/t15-,16+,17-,19-/m0/s1. The Morgan fingerprint density at radius 3 is 2.46 bits per heavy atom. The molecule has 2 heterocycles. The number of hydrogen-bond acceptors (Lipinski definition) is 2. The van der Waals surface area contributed by atoms with Gasteiger partial charge in [-0.05, 0) is 64.2 Å². The molecule has 0 spiro atoms. The summed E-state index contributed by atoms with van der Waals surface area (Å²) in [6, 6.07) is 12.9. The van der Waals surface area contributed by atoms with Crippen molar-refractivity contribution in [3.8, 4) is 0 Å². The molecule has 1 aromatic rings. The monoisotopic (exact) mass is 345 g/mol. The molecule has 2 fully saturated rings. The minimum absolute atomic E-state index is 0.253. The highest BCUT2D eigenvalue weighted by atomic mass is 32.1. The predicted octanol–water partition coefficient (Wildman–Crippen LogP) is 3.96. The van der Waals surface area contributed by atoms with Gasteiger partial charge < -0.3 is 10.2 Å². The Bertz CT molecular complexity index is 537. The lowest BCUT2D eigenvalue weighted by atomic mass is 10.0. The fourth-order valence-electron chi connectivity index (χ4n) is 4.42. The Morgan fingerprint density at radius 1 is 1.12 bits per heavy atom. The summed E-state index contributed by atoms with van der Waals surface area (Å²) in [6.45, 7) is 9.11. The molecule has 4 heteroatoms. The van der Waals surface area contributed by atoms with Gasteiger partial charge in [-0.15, -0.1) is 0 Å². The highest BCUT2D eigenvalue weighted by Gasteiger charge is 2.35. The van der Waals surface area contributed by atoms with Crippen molar-refractivity contribution in [3.63, 3.8) is 0 Å². The first-order chi connectivity index (χ1) is 11.6. The third-order valence-corrected chi connectivity index (χ3v) is 6.14. The van der Waals surface area contributed by atoms with Crippen molar-refractivity contribution >= 4 is 17.3 Å². The number of nitrogens with one attached hydrogen (secondary N) is 1. The zero-order valence-corrected chi connectivity index (χ0v) is 16.1. The quantitative estimate of drug-likeness (QED) is 0.836. The molecule has 1 aromatic carbocycles. The van der Waals surface area contributed by atoms with Crippen LogP contribution in [0.15, 0.2) is 30.3 Å². The van der Waals surface area contributed by atoms with Crippen molar-refractivity contribution in [2.75, 3.05) is 13.1 Å². The van der Waals surface area contributed by atoms with E-state index in [-0.39, 0.29) is 6.04 Å². The van der Waals surface area contributed by atoms with E-state index >= 15 is 0 Å². The summed E-state index contributed by atoms with van der Waals surface area (Å²) in [6.07, 6.45) is 5.22. The maximum Gasteiger partial charge on any atom is 0.169 e. The van der Waals surface area contributed by atoms with Crippen LogP contribution >= 0.6 is 12.2 Å². The molecule has 24 heavy (non-hydrogen) atoms. The van der Waals surface area contributed by atoms with Gasteiger partial charge in [0.05, 0.1) is 6.04 Å². The van der Waals surface area contributed by atoms with Crippen LogP contribution < -0.4 is 5.32 Å². The van der Waals surface area contributed by atoms with Crippen LogP contribution in [-0.4, -0.2) is 46.1 Å². The van der Waals surface area contributed by atoms with E-state index in [2.05, 4.69) is 66.2 Å². The first-order valence-corrected chi connectivity index (χ1v) is 9.85. The minimum Gasteiger partial charge on any atom is -0.356 e. The number of benzene rings is 1. The maximum atomic E-state index is 5.73. The van der Waals surface area contributed by atoms with E-state index in [4.69, 9.17) is 12.2 Å². The summed E-state index contributed by atoms with van der Waals surface area (Å²) >= 11 is 5.73. The second-order valence-corrected chi connectivity index (χ2v) is 7.93. The summed E-state index contributed by atoms with van der Waals surface area (Å²) in [5, 5.41) is 4.45. The molecule has 0 saturated carbocycles. The Morgan fingerprint density at radius 2 is 1.79 bits per heavy atom. The summed E-state index contributed by atoms with van der Waals surface area (Å²) < 4.78 is 0. The molecule has 4 atom stereocenters. The Kier molecular flexibility index (Phi) is 5.77. The highest BCUT2D eigenvalue weighted by molar-refractivity contribution is 7.80. The van der Waals surface area contributed by atoms with Gasteiger partial charge in [0.25, 0.3) is 0 Å². The maximum absolute atomic E-state index is 5.73. The molecule has 0 aromatic heterocycles. The van der Waals surface area contributed by atoms with Crippen LogP contribution in [0.25, 0.3) is 0 Å². The average molecular weight is 346 g/mol. The van der Waals surface area contributed by atoms with E-state index in [9.17, 15) is 0 Å². The molecule has 2 aliphatic heterocycles. The van der Waals surface area contributed by atoms with Crippen molar-refractivity contribution in [2.45, 2.75) is 70.6 Å². The van der Waals surface area contributed by atoms with E-state index in [1.165, 1.54) is 31.2 Å². The molecule has 0 amide bonds. The molecular formula is C20H31N3S. The molecule has 0 aliphatic carbocycles. The number of piperidine rings is 1. The zero-order chi connectivity index (χ0) is 17.1. The number of hydrogen-bond donors (Lipinski definition) is 1. The molecule has 3 rings (SSSR count). The van der Waals surface area contributed by atoms with Gasteiger partial charge in [0.2, 0.25) is 0 Å². The van der Waals surface area contributed by atoms with Crippen LogP contribution in [0.1, 0.15) is 58.1 Å². The smallest absolute Gasteiger partial charge is 0.169 e. The summed E-state index contributed by atoms with van der Waals surface area (Å²) in [4.78, 5) is 5.14. The van der Waals surface area contributed by atoms with Crippen LogP contribution in [-0.2, 0) is 0 Å². The largest absolute Gasteiger partial charge is 0.356 e. The number of thiocarbonyl (C=S) groups is 1. The second kappa shape index (κ2) is 7.83. The van der Waals surface area contributed by atoms with Crippen LogP contribution in [0.2, 0.25) is 0 Å². The molecule has 0 radical (unpaired) electrons. The van der Waals surface area contributed by atoms with Crippen molar-refractivity contribution in [1.82, 2.24) is 15.1 Å². The van der Waals surface area contributed by atoms with Crippen LogP contribution in [0.5, 0.6) is 0 Å². The third kappa shape index (κ3) is 3.92. The SMILES string of the molecule is C[C@H](NC(=S)N1CCC[C@H](N2[C@H](C)CC[C@@H]2C)C1)c1ccccc1. The van der Waals surface area contributed by atoms with Crippen LogP contribution in [0.3, 0.4) is 0 Å². The van der Waals surface area contributed by atoms with E-state index in [0.717, 1.165) is 30.3 Å². The summed E-state index contributed by atoms with van der Waals surface area (Å²) in [5.74, 6) is 0. The van der Waals surface area contributed by atoms with Gasteiger partial charge in [-0.3, -0.25) is 4.90 Å². The van der Waals surface area contributed by atoms with E-state index < -0.39 is 0 Å². The van der Waals surface area contributed by atoms with Gasteiger partial charge in [-0.25, -0.2) is 0 Å². The summed E-state index contributed by atoms with van der Waals surface area (Å²) in [5.41, 5.74) is 1.29. The lowest BCUT2D eigenvalue weighted by Crippen LogP contribution is -2.54. The van der Waals surface area contributed by atoms with Crippen LogP contribution in [0, 0.1) is 0 Å². The van der Waals surface area contributed by atoms with Gasteiger partial charge in [0.15, 0.2) is 5.11 Å². The molecule has 3 nitrogen and oxygen atoms in total. The Balaban J connectivity index is 1.59. The first-order valence-electron chi connectivity index (χ1n) is 9.44. The van der Waals surface area contributed by atoms with Gasteiger partial charge >= 0.3 is 0 Å². The molecule has 132 valence electrons. The molecule has 2 aliphatic rings. The summed E-state index contributed by atoms with van der Waals surface area (Å²) in [7, 11) is 0. The molecule has 0 unspecified atom stereocenters. The van der Waals surface area contributed by atoms with Gasteiger partial charge in [0.1, 0.15) is 0 Å². The van der Waals surface area contributed by atoms with Crippen molar-refractivity contribution in [2.24, 2.45) is 0 Å². The fraction of sp³-hybridized carbons (Fsp3) is 0.650. The lowest BCUT2D eigenvalue weighted by molar-refractivity contribution is 0.0939. The van der Waals surface area contributed by atoms with Crippen molar-refractivity contribution in [1.29, 1.82) is 0 Å². The molecule has 2 saturated heterocycles. The first kappa shape index (κ1) is 17.7. The second-order valence-electron chi connectivity index (χ2n) is 7.55.